The van der Waals surface area contributed by atoms with Gasteiger partial charge in [-0.2, -0.15) is 5.10 Å². The van der Waals surface area contributed by atoms with E-state index in [-0.39, 0.29) is 17.1 Å². The SMILES string of the molecule is COC(=O)c1ccccc1NC(=O)c1oc2c(c1C)/C(=N/NC(=O)c1ccco1)CCC2. The van der Waals surface area contributed by atoms with Crippen LogP contribution in [-0.2, 0) is 11.2 Å². The highest BCUT2D eigenvalue weighted by Gasteiger charge is 2.28. The number of hydrogen-bond acceptors (Lipinski definition) is 7. The topological polar surface area (TPSA) is 123 Å². The van der Waals surface area contributed by atoms with Crippen LogP contribution in [0.15, 0.2) is 56.6 Å². The van der Waals surface area contributed by atoms with Crippen molar-refractivity contribution < 1.29 is 28.0 Å². The molecule has 1 aliphatic carbocycles. The van der Waals surface area contributed by atoms with Crippen molar-refractivity contribution in [1.82, 2.24) is 5.43 Å². The predicted octanol–water partition coefficient (Wildman–Crippen LogP) is 3.69. The number of amides is 2. The summed E-state index contributed by atoms with van der Waals surface area (Å²) in [7, 11) is 1.27. The van der Waals surface area contributed by atoms with Crippen molar-refractivity contribution in [1.29, 1.82) is 0 Å². The molecule has 0 atom stereocenters. The van der Waals surface area contributed by atoms with E-state index < -0.39 is 17.8 Å². The summed E-state index contributed by atoms with van der Waals surface area (Å²) in [5.74, 6) is -0.607. The summed E-state index contributed by atoms with van der Waals surface area (Å²) in [5.41, 5.74) is 4.99. The van der Waals surface area contributed by atoms with E-state index in [1.807, 2.05) is 0 Å². The Morgan fingerprint density at radius 3 is 2.62 bits per heavy atom. The van der Waals surface area contributed by atoms with Crippen molar-refractivity contribution in [3.63, 3.8) is 0 Å². The van der Waals surface area contributed by atoms with Crippen LogP contribution in [0.3, 0.4) is 0 Å². The molecule has 2 N–H and O–H groups in total. The minimum atomic E-state index is -0.557. The maximum Gasteiger partial charge on any atom is 0.339 e. The average Bonchev–Trinajstić information content (AvgIpc) is 3.46. The third-order valence-corrected chi connectivity index (χ3v) is 5.15. The molecular weight excluding hydrogens is 414 g/mol. The predicted molar refractivity (Wildman–Crippen MR) is 115 cm³/mol. The largest absolute Gasteiger partial charge is 0.465 e. The summed E-state index contributed by atoms with van der Waals surface area (Å²) in [6.45, 7) is 1.76. The van der Waals surface area contributed by atoms with Gasteiger partial charge in [-0.15, -0.1) is 0 Å². The normalized spacial score (nSPS) is 14.0. The summed E-state index contributed by atoms with van der Waals surface area (Å²) >= 11 is 0. The number of carbonyl (C=O) groups is 3. The quantitative estimate of drug-likeness (QED) is 0.465. The minimum absolute atomic E-state index is 0.127. The number of hydrogen-bond donors (Lipinski definition) is 2. The zero-order valence-corrected chi connectivity index (χ0v) is 17.6. The van der Waals surface area contributed by atoms with E-state index in [1.165, 1.54) is 13.4 Å². The Morgan fingerprint density at radius 1 is 1.06 bits per heavy atom. The zero-order chi connectivity index (χ0) is 22.7. The van der Waals surface area contributed by atoms with Crippen molar-refractivity contribution in [3.05, 3.63) is 76.6 Å². The van der Waals surface area contributed by atoms with Crippen LogP contribution in [0.2, 0.25) is 0 Å². The molecule has 0 bridgehead atoms. The van der Waals surface area contributed by atoms with Crippen molar-refractivity contribution in [2.75, 3.05) is 12.4 Å². The van der Waals surface area contributed by atoms with E-state index in [4.69, 9.17) is 13.6 Å². The fraction of sp³-hybridized carbons (Fsp3) is 0.217. The molecular formula is C23H21N3O6. The van der Waals surface area contributed by atoms with Gasteiger partial charge < -0.3 is 18.9 Å². The number of ether oxygens (including phenoxy) is 1. The second-order valence-corrected chi connectivity index (χ2v) is 7.18. The minimum Gasteiger partial charge on any atom is -0.465 e. The monoisotopic (exact) mass is 435 g/mol. The number of anilines is 1. The molecule has 2 aromatic heterocycles. The van der Waals surface area contributed by atoms with E-state index in [1.54, 1.807) is 43.3 Å². The zero-order valence-electron chi connectivity index (χ0n) is 17.6. The molecule has 3 aromatic rings. The maximum absolute atomic E-state index is 13.0. The van der Waals surface area contributed by atoms with Crippen LogP contribution in [0.4, 0.5) is 5.69 Å². The van der Waals surface area contributed by atoms with Gasteiger partial charge in [0, 0.05) is 17.5 Å². The molecule has 9 nitrogen and oxygen atoms in total. The molecule has 4 rings (SSSR count). The number of nitrogens with one attached hydrogen (secondary N) is 2. The molecule has 0 saturated heterocycles. The van der Waals surface area contributed by atoms with Gasteiger partial charge in [-0.05, 0) is 44.0 Å². The number of esters is 1. The summed E-state index contributed by atoms with van der Waals surface area (Å²) in [6, 6.07) is 9.71. The van der Waals surface area contributed by atoms with Gasteiger partial charge >= 0.3 is 11.9 Å². The molecule has 0 unspecified atom stereocenters. The first-order valence-electron chi connectivity index (χ1n) is 10.0. The van der Waals surface area contributed by atoms with E-state index in [9.17, 15) is 14.4 Å². The van der Waals surface area contributed by atoms with Gasteiger partial charge in [0.25, 0.3) is 5.91 Å². The molecule has 9 heteroatoms. The number of furan rings is 2. The van der Waals surface area contributed by atoms with Gasteiger partial charge in [0.1, 0.15) is 5.76 Å². The molecule has 32 heavy (non-hydrogen) atoms. The Labute approximate surface area is 183 Å². The first kappa shape index (κ1) is 21.1. The van der Waals surface area contributed by atoms with Crippen molar-refractivity contribution in [3.8, 4) is 0 Å². The van der Waals surface area contributed by atoms with Gasteiger partial charge in [0.05, 0.1) is 30.3 Å². The van der Waals surface area contributed by atoms with Crippen molar-refractivity contribution in [2.45, 2.75) is 26.2 Å². The summed E-state index contributed by atoms with van der Waals surface area (Å²) in [5, 5.41) is 6.97. The van der Waals surface area contributed by atoms with Gasteiger partial charge in [0.2, 0.25) is 0 Å². The highest BCUT2D eigenvalue weighted by Crippen LogP contribution is 2.30. The van der Waals surface area contributed by atoms with Crippen LogP contribution in [0.1, 0.15) is 61.2 Å². The van der Waals surface area contributed by atoms with Crippen molar-refractivity contribution in [2.24, 2.45) is 5.10 Å². The molecule has 2 amide bonds. The van der Waals surface area contributed by atoms with Crippen LogP contribution >= 0.6 is 0 Å². The molecule has 0 spiro atoms. The lowest BCUT2D eigenvalue weighted by Crippen LogP contribution is -2.21. The number of para-hydroxylation sites is 1. The number of fused-ring (bicyclic) bond motifs is 1. The molecule has 0 fully saturated rings. The Morgan fingerprint density at radius 2 is 1.88 bits per heavy atom. The summed E-state index contributed by atoms with van der Waals surface area (Å²) in [6.07, 6.45) is 3.44. The van der Waals surface area contributed by atoms with Crippen LogP contribution in [0.25, 0.3) is 0 Å². The Bertz CT molecular complexity index is 1210. The van der Waals surface area contributed by atoms with Crippen LogP contribution in [-0.4, -0.2) is 30.6 Å². The van der Waals surface area contributed by atoms with E-state index in [0.717, 1.165) is 6.42 Å². The average molecular weight is 435 g/mol. The van der Waals surface area contributed by atoms with Crippen molar-refractivity contribution >= 4 is 29.2 Å². The highest BCUT2D eigenvalue weighted by molar-refractivity contribution is 6.11. The lowest BCUT2D eigenvalue weighted by molar-refractivity contribution is 0.0601. The van der Waals surface area contributed by atoms with E-state index in [0.29, 0.717) is 41.1 Å². The molecule has 2 heterocycles. The molecule has 1 aromatic carbocycles. The number of carbonyl (C=O) groups excluding carboxylic acids is 3. The summed E-state index contributed by atoms with van der Waals surface area (Å²) in [4.78, 5) is 37.1. The van der Waals surface area contributed by atoms with E-state index >= 15 is 0 Å². The Hall–Kier alpha value is -4.14. The third-order valence-electron chi connectivity index (χ3n) is 5.15. The number of methoxy groups -OCH3 is 1. The van der Waals surface area contributed by atoms with Gasteiger partial charge in [-0.1, -0.05) is 12.1 Å². The first-order valence-corrected chi connectivity index (χ1v) is 10.0. The molecule has 0 aliphatic heterocycles. The smallest absolute Gasteiger partial charge is 0.339 e. The van der Waals surface area contributed by atoms with Crippen LogP contribution in [0.5, 0.6) is 0 Å². The number of benzene rings is 1. The Kier molecular flexibility index (Phi) is 5.89. The van der Waals surface area contributed by atoms with Gasteiger partial charge in [0.15, 0.2) is 11.5 Å². The van der Waals surface area contributed by atoms with Gasteiger partial charge in [-0.25, -0.2) is 10.2 Å². The number of aryl methyl sites for hydroxylation is 1. The number of rotatable bonds is 5. The number of hydrazone groups is 1. The second kappa shape index (κ2) is 8.93. The number of nitrogens with zero attached hydrogens (tertiary/aromatic N) is 1. The fourth-order valence-electron chi connectivity index (χ4n) is 3.64. The van der Waals surface area contributed by atoms with Crippen LogP contribution < -0.4 is 10.7 Å². The maximum atomic E-state index is 13.0. The standard InChI is InChI=1S/C23H21N3O6/c1-13-19-16(25-26-21(27)18-11-6-12-31-18)9-5-10-17(19)32-20(13)22(28)24-15-8-4-3-7-14(15)23(29)30-2/h3-4,6-8,11-12H,5,9-10H2,1-2H3,(H,24,28)(H,26,27)/b25-16+. The van der Waals surface area contributed by atoms with Gasteiger partial charge in [-0.3, -0.25) is 9.59 Å². The Balaban J connectivity index is 1.59. The van der Waals surface area contributed by atoms with Crippen LogP contribution in [0, 0.1) is 6.92 Å². The first-order chi connectivity index (χ1) is 15.5. The molecule has 0 radical (unpaired) electrons. The lowest BCUT2D eigenvalue weighted by atomic mass is 9.93. The highest BCUT2D eigenvalue weighted by atomic mass is 16.5. The lowest BCUT2D eigenvalue weighted by Gasteiger charge is -2.13. The molecule has 164 valence electrons. The fourth-order valence-corrected chi connectivity index (χ4v) is 3.64. The molecule has 1 aliphatic rings. The molecule has 0 saturated carbocycles. The van der Waals surface area contributed by atoms with E-state index in [2.05, 4.69) is 15.8 Å². The third kappa shape index (κ3) is 4.04. The summed E-state index contributed by atoms with van der Waals surface area (Å²) < 4.78 is 15.7. The second-order valence-electron chi connectivity index (χ2n) is 7.18.